The number of carbonyl (C=O) groups is 4. The van der Waals surface area contributed by atoms with Crippen LogP contribution >= 0.6 is 0 Å². The Bertz CT molecular complexity index is 1500. The molecule has 4 rings (SSSR count). The minimum absolute atomic E-state index is 0.0845. The summed E-state index contributed by atoms with van der Waals surface area (Å²) in [7, 11) is 0. The smallest absolute Gasteiger partial charge is 0.343 e. The molecule has 1 aliphatic rings. The summed E-state index contributed by atoms with van der Waals surface area (Å²) in [5.41, 5.74) is 14.5. The fourth-order valence-corrected chi connectivity index (χ4v) is 5.03. The predicted octanol–water partition coefficient (Wildman–Crippen LogP) is 3.47. The zero-order chi connectivity index (χ0) is 30.2. The molecule has 11 nitrogen and oxygen atoms in total. The van der Waals surface area contributed by atoms with Gasteiger partial charge in [0.2, 0.25) is 5.91 Å². The first-order chi connectivity index (χ1) is 20.1. The minimum Gasteiger partial charge on any atom is -0.480 e. The van der Waals surface area contributed by atoms with Gasteiger partial charge in [-0.2, -0.15) is 0 Å². The van der Waals surface area contributed by atoms with E-state index in [1.165, 1.54) is 17.0 Å². The second kappa shape index (κ2) is 13.4. The van der Waals surface area contributed by atoms with Crippen LogP contribution in [-0.2, 0) is 22.4 Å². The third-order valence-electron chi connectivity index (χ3n) is 7.10. The molecular formula is C31H32N4O7. The van der Waals surface area contributed by atoms with Crippen molar-refractivity contribution in [2.75, 3.05) is 13.1 Å². The SMILES string of the molecule is NC(N)=Nc1ccc(C(=O)Oc2ccc3c(c2)CCCC3CC(=O)N(CCc2ccc(C(=O)O)cc2)CC(=O)O)cc1. The van der Waals surface area contributed by atoms with Gasteiger partial charge in [0.05, 0.1) is 16.8 Å². The van der Waals surface area contributed by atoms with Crippen molar-refractivity contribution >= 4 is 35.5 Å². The summed E-state index contributed by atoms with van der Waals surface area (Å²) in [6, 6.07) is 18.0. The molecule has 0 saturated heterocycles. The summed E-state index contributed by atoms with van der Waals surface area (Å²) in [5, 5.41) is 18.5. The minimum atomic E-state index is -1.11. The van der Waals surface area contributed by atoms with Crippen LogP contribution in [0.3, 0.4) is 0 Å². The van der Waals surface area contributed by atoms with E-state index >= 15 is 0 Å². The second-order valence-electron chi connectivity index (χ2n) is 10.1. The van der Waals surface area contributed by atoms with E-state index in [0.29, 0.717) is 23.4 Å². The number of nitrogens with zero attached hydrogens (tertiary/aromatic N) is 2. The number of aromatic carboxylic acids is 1. The number of aliphatic carboxylic acids is 1. The largest absolute Gasteiger partial charge is 0.480 e. The van der Waals surface area contributed by atoms with E-state index in [1.807, 2.05) is 12.1 Å². The molecular weight excluding hydrogens is 540 g/mol. The molecule has 6 N–H and O–H groups in total. The Labute approximate surface area is 242 Å². The van der Waals surface area contributed by atoms with Crippen molar-refractivity contribution in [3.05, 3.63) is 94.5 Å². The molecule has 3 aromatic carbocycles. The van der Waals surface area contributed by atoms with Crippen LogP contribution in [0.2, 0.25) is 0 Å². The van der Waals surface area contributed by atoms with Crippen molar-refractivity contribution in [3.63, 3.8) is 0 Å². The highest BCUT2D eigenvalue weighted by Crippen LogP contribution is 2.36. The number of carboxylic acid groups (broad SMARTS) is 2. The highest BCUT2D eigenvalue weighted by atomic mass is 16.5. The van der Waals surface area contributed by atoms with E-state index in [2.05, 4.69) is 4.99 Å². The van der Waals surface area contributed by atoms with Gasteiger partial charge in [-0.05, 0) is 96.8 Å². The van der Waals surface area contributed by atoms with E-state index in [4.69, 9.17) is 21.3 Å². The van der Waals surface area contributed by atoms with Crippen LogP contribution in [0, 0.1) is 0 Å². The van der Waals surface area contributed by atoms with E-state index < -0.39 is 24.5 Å². The number of carbonyl (C=O) groups excluding carboxylic acids is 2. The number of aryl methyl sites for hydroxylation is 1. The van der Waals surface area contributed by atoms with Gasteiger partial charge in [-0.1, -0.05) is 18.2 Å². The Morgan fingerprint density at radius 3 is 2.26 bits per heavy atom. The highest BCUT2D eigenvalue weighted by Gasteiger charge is 2.26. The lowest BCUT2D eigenvalue weighted by molar-refractivity contribution is -0.144. The summed E-state index contributed by atoms with van der Waals surface area (Å²) in [4.78, 5) is 53.8. The van der Waals surface area contributed by atoms with Crippen molar-refractivity contribution in [2.45, 2.75) is 38.0 Å². The number of nitrogens with two attached hydrogens (primary N) is 2. The number of hydrogen-bond donors (Lipinski definition) is 4. The standard InChI is InChI=1S/C31H32N4O7/c32-31(33)34-24-10-8-21(9-11-24)30(41)42-25-12-13-26-22(16-25)2-1-3-23(26)17-27(36)35(18-28(37)38)15-14-19-4-6-20(7-5-19)29(39)40/h4-13,16,23H,1-3,14-15,17-18H2,(H,37,38)(H,39,40)(H4,32,33,34). The van der Waals surface area contributed by atoms with Gasteiger partial charge in [0.1, 0.15) is 12.3 Å². The average molecular weight is 573 g/mol. The maximum atomic E-state index is 13.3. The van der Waals surface area contributed by atoms with Gasteiger partial charge in [0.15, 0.2) is 5.96 Å². The lowest BCUT2D eigenvalue weighted by Crippen LogP contribution is -2.38. The Hall–Kier alpha value is -5.19. The van der Waals surface area contributed by atoms with Crippen molar-refractivity contribution in [1.29, 1.82) is 0 Å². The molecule has 0 fully saturated rings. The number of hydrogen-bond acceptors (Lipinski definition) is 6. The van der Waals surface area contributed by atoms with Crippen molar-refractivity contribution in [2.24, 2.45) is 16.5 Å². The summed E-state index contributed by atoms with van der Waals surface area (Å²) in [6.45, 7) is -0.230. The van der Waals surface area contributed by atoms with Gasteiger partial charge in [-0.15, -0.1) is 0 Å². The fourth-order valence-electron chi connectivity index (χ4n) is 5.03. The van der Waals surface area contributed by atoms with Crippen molar-refractivity contribution < 1.29 is 34.1 Å². The number of carboxylic acids is 2. The molecule has 218 valence electrons. The van der Waals surface area contributed by atoms with Gasteiger partial charge in [0.25, 0.3) is 0 Å². The Morgan fingerprint density at radius 1 is 0.929 bits per heavy atom. The number of fused-ring (bicyclic) bond motifs is 1. The Kier molecular flexibility index (Phi) is 9.53. The number of amides is 1. The summed E-state index contributed by atoms with van der Waals surface area (Å²) >= 11 is 0. The first kappa shape index (κ1) is 29.8. The topological polar surface area (TPSA) is 186 Å². The number of rotatable bonds is 11. The molecule has 1 aliphatic carbocycles. The maximum absolute atomic E-state index is 13.3. The highest BCUT2D eigenvalue weighted by molar-refractivity contribution is 5.91. The van der Waals surface area contributed by atoms with Crippen molar-refractivity contribution in [3.8, 4) is 5.75 Å². The summed E-state index contributed by atoms with van der Waals surface area (Å²) in [5.74, 6) is -2.73. The Morgan fingerprint density at radius 2 is 1.62 bits per heavy atom. The van der Waals surface area contributed by atoms with Gasteiger partial charge in [-0.25, -0.2) is 14.6 Å². The molecule has 0 heterocycles. The van der Waals surface area contributed by atoms with E-state index in [1.54, 1.807) is 42.5 Å². The lowest BCUT2D eigenvalue weighted by Gasteiger charge is -2.28. The summed E-state index contributed by atoms with van der Waals surface area (Å²) < 4.78 is 5.58. The molecule has 42 heavy (non-hydrogen) atoms. The number of esters is 1. The van der Waals surface area contributed by atoms with Gasteiger partial charge in [-0.3, -0.25) is 9.59 Å². The number of guanidine groups is 1. The van der Waals surface area contributed by atoms with Crippen molar-refractivity contribution in [1.82, 2.24) is 4.90 Å². The predicted molar refractivity (Wildman–Crippen MR) is 155 cm³/mol. The first-order valence-corrected chi connectivity index (χ1v) is 13.5. The lowest BCUT2D eigenvalue weighted by atomic mass is 9.80. The van der Waals surface area contributed by atoms with E-state index in [-0.39, 0.29) is 36.3 Å². The van der Waals surface area contributed by atoms with Crippen LogP contribution in [0.1, 0.15) is 62.6 Å². The molecule has 3 aromatic rings. The van der Waals surface area contributed by atoms with Gasteiger partial charge < -0.3 is 31.3 Å². The molecule has 0 radical (unpaired) electrons. The zero-order valence-electron chi connectivity index (χ0n) is 22.9. The molecule has 0 aromatic heterocycles. The fraction of sp³-hybridized carbons (Fsp3) is 0.258. The van der Waals surface area contributed by atoms with Crippen LogP contribution in [0.4, 0.5) is 5.69 Å². The normalized spacial score (nSPS) is 13.9. The zero-order valence-corrected chi connectivity index (χ0v) is 22.9. The van der Waals surface area contributed by atoms with Crippen LogP contribution in [0.25, 0.3) is 0 Å². The molecule has 0 aliphatic heterocycles. The third kappa shape index (κ3) is 7.94. The van der Waals surface area contributed by atoms with Crippen LogP contribution < -0.4 is 16.2 Å². The quantitative estimate of drug-likeness (QED) is 0.115. The third-order valence-corrected chi connectivity index (χ3v) is 7.10. The monoisotopic (exact) mass is 572 g/mol. The number of ether oxygens (including phenoxy) is 1. The second-order valence-corrected chi connectivity index (χ2v) is 10.1. The van der Waals surface area contributed by atoms with Crippen LogP contribution in [0.15, 0.2) is 71.7 Å². The van der Waals surface area contributed by atoms with Crippen LogP contribution in [-0.4, -0.2) is 58.0 Å². The average Bonchev–Trinajstić information content (AvgIpc) is 2.95. The number of aliphatic imine (C=N–C) groups is 1. The molecule has 0 spiro atoms. The number of benzene rings is 3. The molecule has 0 saturated carbocycles. The molecule has 1 atom stereocenters. The molecule has 0 bridgehead atoms. The maximum Gasteiger partial charge on any atom is 0.343 e. The van der Waals surface area contributed by atoms with Gasteiger partial charge >= 0.3 is 17.9 Å². The molecule has 1 unspecified atom stereocenters. The molecule has 1 amide bonds. The summed E-state index contributed by atoms with van der Waals surface area (Å²) in [6.07, 6.45) is 2.93. The van der Waals surface area contributed by atoms with Gasteiger partial charge in [0, 0.05) is 13.0 Å². The first-order valence-electron chi connectivity index (χ1n) is 13.5. The van der Waals surface area contributed by atoms with E-state index in [0.717, 1.165) is 36.0 Å². The Balaban J connectivity index is 1.40. The molecule has 11 heteroatoms. The van der Waals surface area contributed by atoms with E-state index in [9.17, 15) is 24.3 Å². The van der Waals surface area contributed by atoms with Crippen LogP contribution in [0.5, 0.6) is 5.75 Å².